The standard InChI is InChI=1S/C12H16FN/c1-3-4-5-9-14-12-8-6-7-11(13)10(12)2/h3,6-8,14H,1,4-5,9H2,2H3. The Morgan fingerprint density at radius 1 is 1.50 bits per heavy atom. The molecule has 0 heterocycles. The molecule has 76 valence electrons. The Bertz CT molecular complexity index is 307. The molecule has 0 spiro atoms. The molecule has 0 aliphatic heterocycles. The van der Waals surface area contributed by atoms with Gasteiger partial charge < -0.3 is 5.32 Å². The zero-order chi connectivity index (χ0) is 10.4. The van der Waals surface area contributed by atoms with Crippen molar-refractivity contribution in [2.45, 2.75) is 19.8 Å². The second-order valence-electron chi connectivity index (χ2n) is 3.27. The quantitative estimate of drug-likeness (QED) is 0.557. The molecule has 0 amide bonds. The topological polar surface area (TPSA) is 12.0 Å². The van der Waals surface area contributed by atoms with Crippen molar-refractivity contribution in [3.63, 3.8) is 0 Å². The number of benzene rings is 1. The van der Waals surface area contributed by atoms with E-state index in [2.05, 4.69) is 11.9 Å². The number of anilines is 1. The van der Waals surface area contributed by atoms with E-state index in [0.29, 0.717) is 5.56 Å². The monoisotopic (exact) mass is 193 g/mol. The zero-order valence-electron chi connectivity index (χ0n) is 8.52. The number of hydrogen-bond acceptors (Lipinski definition) is 1. The molecule has 14 heavy (non-hydrogen) atoms. The Kier molecular flexibility index (Phi) is 4.17. The molecule has 0 aliphatic rings. The third-order valence-corrected chi connectivity index (χ3v) is 2.17. The van der Waals surface area contributed by atoms with E-state index in [-0.39, 0.29) is 5.82 Å². The summed E-state index contributed by atoms with van der Waals surface area (Å²) < 4.78 is 13.1. The summed E-state index contributed by atoms with van der Waals surface area (Å²) in [6.07, 6.45) is 3.90. The van der Waals surface area contributed by atoms with Gasteiger partial charge in [-0.2, -0.15) is 0 Å². The van der Waals surface area contributed by atoms with Gasteiger partial charge in [-0.25, -0.2) is 4.39 Å². The first-order chi connectivity index (χ1) is 6.75. The SMILES string of the molecule is C=CCCCNc1cccc(F)c1C. The van der Waals surface area contributed by atoms with Crippen molar-refractivity contribution in [1.29, 1.82) is 0 Å². The van der Waals surface area contributed by atoms with Crippen LogP contribution in [0.3, 0.4) is 0 Å². The van der Waals surface area contributed by atoms with Crippen LogP contribution in [0.25, 0.3) is 0 Å². The summed E-state index contributed by atoms with van der Waals surface area (Å²) in [7, 11) is 0. The lowest BCUT2D eigenvalue weighted by molar-refractivity contribution is 0.619. The molecule has 0 fully saturated rings. The van der Waals surface area contributed by atoms with E-state index in [1.165, 1.54) is 6.07 Å². The molecular weight excluding hydrogens is 177 g/mol. The minimum absolute atomic E-state index is 0.154. The van der Waals surface area contributed by atoms with Gasteiger partial charge in [0.05, 0.1) is 0 Å². The fourth-order valence-corrected chi connectivity index (χ4v) is 1.27. The van der Waals surface area contributed by atoms with Crippen LogP contribution >= 0.6 is 0 Å². The van der Waals surface area contributed by atoms with Crippen molar-refractivity contribution in [2.75, 3.05) is 11.9 Å². The van der Waals surface area contributed by atoms with Crippen molar-refractivity contribution >= 4 is 5.69 Å². The predicted molar refractivity (Wildman–Crippen MR) is 59.1 cm³/mol. The molecular formula is C12H16FN. The van der Waals surface area contributed by atoms with Crippen molar-refractivity contribution in [1.82, 2.24) is 0 Å². The van der Waals surface area contributed by atoms with Crippen LogP contribution in [-0.4, -0.2) is 6.54 Å². The first-order valence-electron chi connectivity index (χ1n) is 4.85. The molecule has 1 aromatic rings. The van der Waals surface area contributed by atoms with E-state index >= 15 is 0 Å². The summed E-state index contributed by atoms with van der Waals surface area (Å²) in [6.45, 7) is 6.29. The molecule has 1 rings (SSSR count). The summed E-state index contributed by atoms with van der Waals surface area (Å²) in [4.78, 5) is 0. The number of halogens is 1. The minimum Gasteiger partial charge on any atom is -0.385 e. The van der Waals surface area contributed by atoms with E-state index in [0.717, 1.165) is 25.1 Å². The van der Waals surface area contributed by atoms with Crippen LogP contribution in [0.1, 0.15) is 18.4 Å². The van der Waals surface area contributed by atoms with E-state index in [1.54, 1.807) is 13.0 Å². The van der Waals surface area contributed by atoms with Crippen LogP contribution < -0.4 is 5.32 Å². The molecule has 2 heteroatoms. The summed E-state index contributed by atoms with van der Waals surface area (Å²) in [5.41, 5.74) is 1.57. The van der Waals surface area contributed by atoms with Gasteiger partial charge >= 0.3 is 0 Å². The number of hydrogen-bond donors (Lipinski definition) is 1. The fraction of sp³-hybridized carbons (Fsp3) is 0.333. The van der Waals surface area contributed by atoms with Gasteiger partial charge in [0.2, 0.25) is 0 Å². The molecule has 1 aromatic carbocycles. The van der Waals surface area contributed by atoms with Crippen molar-refractivity contribution in [3.05, 3.63) is 42.2 Å². The highest BCUT2D eigenvalue weighted by Gasteiger charge is 2.01. The molecule has 0 atom stereocenters. The van der Waals surface area contributed by atoms with Crippen molar-refractivity contribution < 1.29 is 4.39 Å². The van der Waals surface area contributed by atoms with Crippen LogP contribution in [0.4, 0.5) is 10.1 Å². The number of unbranched alkanes of at least 4 members (excludes halogenated alkanes) is 1. The molecule has 0 aromatic heterocycles. The molecule has 0 saturated heterocycles. The lowest BCUT2D eigenvalue weighted by Crippen LogP contribution is -2.03. The lowest BCUT2D eigenvalue weighted by Gasteiger charge is -2.08. The average molecular weight is 193 g/mol. The van der Waals surface area contributed by atoms with Crippen LogP contribution in [0.5, 0.6) is 0 Å². The van der Waals surface area contributed by atoms with Gasteiger partial charge in [0, 0.05) is 17.8 Å². The second kappa shape index (κ2) is 5.43. The van der Waals surface area contributed by atoms with Gasteiger partial charge in [-0.3, -0.25) is 0 Å². The molecule has 0 aliphatic carbocycles. The minimum atomic E-state index is -0.154. The van der Waals surface area contributed by atoms with Crippen LogP contribution in [-0.2, 0) is 0 Å². The normalized spacial score (nSPS) is 9.86. The van der Waals surface area contributed by atoms with E-state index in [9.17, 15) is 4.39 Å². The first kappa shape index (κ1) is 10.8. The second-order valence-corrected chi connectivity index (χ2v) is 3.27. The Balaban J connectivity index is 2.50. The van der Waals surface area contributed by atoms with Gasteiger partial charge in [-0.1, -0.05) is 12.1 Å². The van der Waals surface area contributed by atoms with Crippen LogP contribution in [0, 0.1) is 12.7 Å². The van der Waals surface area contributed by atoms with Gasteiger partial charge in [-0.05, 0) is 31.9 Å². The maximum Gasteiger partial charge on any atom is 0.128 e. The summed E-state index contributed by atoms with van der Waals surface area (Å²) in [5.74, 6) is -0.154. The molecule has 1 nitrogen and oxygen atoms in total. The maximum atomic E-state index is 13.1. The molecule has 0 bridgehead atoms. The first-order valence-corrected chi connectivity index (χ1v) is 4.85. The van der Waals surface area contributed by atoms with Gasteiger partial charge in [0.1, 0.15) is 5.82 Å². The van der Waals surface area contributed by atoms with E-state index in [4.69, 9.17) is 0 Å². The zero-order valence-corrected chi connectivity index (χ0v) is 8.52. The Morgan fingerprint density at radius 2 is 2.29 bits per heavy atom. The third-order valence-electron chi connectivity index (χ3n) is 2.17. The van der Waals surface area contributed by atoms with Crippen molar-refractivity contribution in [2.24, 2.45) is 0 Å². The van der Waals surface area contributed by atoms with Gasteiger partial charge in [-0.15, -0.1) is 6.58 Å². The molecule has 1 N–H and O–H groups in total. The number of nitrogens with one attached hydrogen (secondary N) is 1. The molecule has 0 saturated carbocycles. The molecule has 0 radical (unpaired) electrons. The highest BCUT2D eigenvalue weighted by molar-refractivity contribution is 5.50. The average Bonchev–Trinajstić information content (AvgIpc) is 2.19. The predicted octanol–water partition coefficient (Wildman–Crippen LogP) is 3.51. The van der Waals surface area contributed by atoms with Crippen LogP contribution in [0.2, 0.25) is 0 Å². The molecule has 0 unspecified atom stereocenters. The summed E-state index contributed by atoms with van der Waals surface area (Å²) in [5, 5.41) is 3.20. The lowest BCUT2D eigenvalue weighted by atomic mass is 10.2. The van der Waals surface area contributed by atoms with Gasteiger partial charge in [0.25, 0.3) is 0 Å². The number of allylic oxidation sites excluding steroid dienone is 1. The Hall–Kier alpha value is -1.31. The maximum absolute atomic E-state index is 13.1. The fourth-order valence-electron chi connectivity index (χ4n) is 1.27. The summed E-state index contributed by atoms with van der Waals surface area (Å²) >= 11 is 0. The highest BCUT2D eigenvalue weighted by Crippen LogP contribution is 2.17. The van der Waals surface area contributed by atoms with Crippen LogP contribution in [0.15, 0.2) is 30.9 Å². The van der Waals surface area contributed by atoms with Crippen molar-refractivity contribution in [3.8, 4) is 0 Å². The largest absolute Gasteiger partial charge is 0.385 e. The highest BCUT2D eigenvalue weighted by atomic mass is 19.1. The summed E-state index contributed by atoms with van der Waals surface area (Å²) in [6, 6.07) is 5.09. The smallest absolute Gasteiger partial charge is 0.128 e. The number of rotatable bonds is 5. The van der Waals surface area contributed by atoms with Gasteiger partial charge in [0.15, 0.2) is 0 Å². The Morgan fingerprint density at radius 3 is 3.00 bits per heavy atom. The third kappa shape index (κ3) is 2.87. The Labute approximate surface area is 84.6 Å². The van der Waals surface area contributed by atoms with E-state index < -0.39 is 0 Å². The van der Waals surface area contributed by atoms with E-state index in [1.807, 2.05) is 12.1 Å².